The van der Waals surface area contributed by atoms with Crippen LogP contribution in [0.1, 0.15) is 18.4 Å². The van der Waals surface area contributed by atoms with Gasteiger partial charge in [-0.05, 0) is 42.7 Å². The number of carboxylic acid groups (broad SMARTS) is 1. The molecule has 0 saturated heterocycles. The van der Waals surface area contributed by atoms with Gasteiger partial charge in [-0.15, -0.1) is 0 Å². The molecule has 2 aromatic rings. The highest BCUT2D eigenvalue weighted by Crippen LogP contribution is 2.19. The maximum Gasteiger partial charge on any atom is 0.339 e. The van der Waals surface area contributed by atoms with Crippen LogP contribution in [0, 0.1) is 0 Å². The Kier molecular flexibility index (Phi) is 5.94. The van der Waals surface area contributed by atoms with Crippen molar-refractivity contribution >= 4 is 16.1 Å². The average Bonchev–Trinajstić information content (AvgIpc) is 2.53. The summed E-state index contributed by atoms with van der Waals surface area (Å²) in [5.41, 5.74) is 0.804. The van der Waals surface area contributed by atoms with E-state index < -0.39 is 22.2 Å². The van der Waals surface area contributed by atoms with Crippen LogP contribution in [0.15, 0.2) is 59.5 Å². The summed E-state index contributed by atoms with van der Waals surface area (Å²) < 4.78 is 29.4. The molecule has 0 spiro atoms. The molecule has 0 amide bonds. The Labute approximate surface area is 140 Å². The number of carbonyl (C=O) groups is 1. The van der Waals surface area contributed by atoms with E-state index in [0.29, 0.717) is 12.8 Å². The Morgan fingerprint density at radius 2 is 1.67 bits per heavy atom. The van der Waals surface area contributed by atoms with E-state index in [-0.39, 0.29) is 17.1 Å². The molecule has 7 heteroatoms. The Morgan fingerprint density at radius 3 is 2.25 bits per heavy atom. The SMILES string of the molecule is O=C(O)CC(O)CCc1ccc(S(=O)(=O)Oc2ccccc2)cc1. The van der Waals surface area contributed by atoms with Gasteiger partial charge in [0.1, 0.15) is 10.6 Å². The van der Waals surface area contributed by atoms with Crippen LogP contribution < -0.4 is 4.18 Å². The first kappa shape index (κ1) is 18.0. The van der Waals surface area contributed by atoms with Crippen molar-refractivity contribution in [2.45, 2.75) is 30.3 Å². The lowest BCUT2D eigenvalue weighted by Gasteiger charge is -2.09. The van der Waals surface area contributed by atoms with Gasteiger partial charge in [-0.3, -0.25) is 4.79 Å². The molecular weight excluding hydrogens is 332 g/mol. The Morgan fingerprint density at radius 1 is 1.04 bits per heavy atom. The molecule has 2 aromatic carbocycles. The van der Waals surface area contributed by atoms with E-state index in [1.165, 1.54) is 12.1 Å². The number of aryl methyl sites for hydroxylation is 1. The molecule has 0 aliphatic rings. The third kappa shape index (κ3) is 5.36. The second kappa shape index (κ2) is 7.94. The molecule has 2 N–H and O–H groups in total. The zero-order valence-corrected chi connectivity index (χ0v) is 13.6. The smallest absolute Gasteiger partial charge is 0.339 e. The summed E-state index contributed by atoms with van der Waals surface area (Å²) in [6.07, 6.45) is -0.489. The molecule has 128 valence electrons. The molecule has 0 heterocycles. The van der Waals surface area contributed by atoms with E-state index in [2.05, 4.69) is 0 Å². The molecule has 0 bridgehead atoms. The van der Waals surface area contributed by atoms with Gasteiger partial charge in [0.2, 0.25) is 0 Å². The third-order valence-corrected chi connectivity index (χ3v) is 4.60. The number of aliphatic hydroxyl groups excluding tert-OH is 1. The largest absolute Gasteiger partial charge is 0.481 e. The van der Waals surface area contributed by atoms with Gasteiger partial charge in [-0.2, -0.15) is 8.42 Å². The summed E-state index contributed by atoms with van der Waals surface area (Å²) >= 11 is 0. The molecule has 0 fully saturated rings. The first-order valence-corrected chi connectivity index (χ1v) is 8.76. The highest BCUT2D eigenvalue weighted by Gasteiger charge is 2.16. The van der Waals surface area contributed by atoms with Gasteiger partial charge in [0.25, 0.3) is 0 Å². The zero-order chi connectivity index (χ0) is 17.6. The maximum absolute atomic E-state index is 12.2. The molecule has 0 aromatic heterocycles. The number of para-hydroxylation sites is 1. The summed E-state index contributed by atoms with van der Waals surface area (Å²) in [6, 6.07) is 14.3. The van der Waals surface area contributed by atoms with Crippen LogP contribution in [0.2, 0.25) is 0 Å². The molecule has 1 unspecified atom stereocenters. The van der Waals surface area contributed by atoms with Gasteiger partial charge in [-0.1, -0.05) is 30.3 Å². The first-order chi connectivity index (χ1) is 11.4. The molecule has 0 radical (unpaired) electrons. The van der Waals surface area contributed by atoms with Gasteiger partial charge in [0.05, 0.1) is 12.5 Å². The van der Waals surface area contributed by atoms with Crippen molar-refractivity contribution in [2.24, 2.45) is 0 Å². The van der Waals surface area contributed by atoms with Crippen molar-refractivity contribution in [3.05, 3.63) is 60.2 Å². The van der Waals surface area contributed by atoms with Crippen molar-refractivity contribution in [1.82, 2.24) is 0 Å². The average molecular weight is 350 g/mol. The second-order valence-corrected chi connectivity index (χ2v) is 6.83. The molecule has 1 atom stereocenters. The lowest BCUT2D eigenvalue weighted by molar-refractivity contribution is -0.139. The summed E-state index contributed by atoms with van der Waals surface area (Å²) in [5.74, 6) is -0.819. The Bertz CT molecular complexity index is 768. The number of aliphatic hydroxyl groups is 1. The Balaban J connectivity index is 1.99. The summed E-state index contributed by atoms with van der Waals surface area (Å²) in [5, 5.41) is 18.1. The van der Waals surface area contributed by atoms with Gasteiger partial charge >= 0.3 is 16.1 Å². The van der Waals surface area contributed by atoms with Gasteiger partial charge in [0.15, 0.2) is 0 Å². The molecule has 0 aliphatic heterocycles. The van der Waals surface area contributed by atoms with Crippen LogP contribution in [0.25, 0.3) is 0 Å². The zero-order valence-electron chi connectivity index (χ0n) is 12.8. The molecule has 2 rings (SSSR count). The highest BCUT2D eigenvalue weighted by atomic mass is 32.2. The van der Waals surface area contributed by atoms with Crippen LogP contribution in [0.5, 0.6) is 5.75 Å². The van der Waals surface area contributed by atoms with Crippen LogP contribution in [0.4, 0.5) is 0 Å². The van der Waals surface area contributed by atoms with Crippen molar-refractivity contribution in [2.75, 3.05) is 0 Å². The fourth-order valence-electron chi connectivity index (χ4n) is 2.11. The quantitative estimate of drug-likeness (QED) is 0.708. The third-order valence-electron chi connectivity index (χ3n) is 3.34. The molecule has 6 nitrogen and oxygen atoms in total. The van der Waals surface area contributed by atoms with E-state index in [4.69, 9.17) is 9.29 Å². The summed E-state index contributed by atoms with van der Waals surface area (Å²) in [4.78, 5) is 10.5. The monoisotopic (exact) mass is 350 g/mol. The molecular formula is C17H18O6S. The fraction of sp³-hybridized carbons (Fsp3) is 0.235. The molecule has 24 heavy (non-hydrogen) atoms. The van der Waals surface area contributed by atoms with E-state index in [1.807, 2.05) is 0 Å². The van der Waals surface area contributed by atoms with Crippen LogP contribution in [-0.4, -0.2) is 30.7 Å². The summed E-state index contributed by atoms with van der Waals surface area (Å²) in [7, 11) is -3.90. The standard InChI is InChI=1S/C17H18O6S/c18-14(12-17(19)20)9-6-13-7-10-16(11-8-13)24(21,22)23-15-4-2-1-3-5-15/h1-5,7-8,10-11,14,18H,6,9,12H2,(H,19,20). The Hall–Kier alpha value is -2.38. The summed E-state index contributed by atoms with van der Waals surface area (Å²) in [6.45, 7) is 0. The van der Waals surface area contributed by atoms with Crippen molar-refractivity contribution in [3.63, 3.8) is 0 Å². The van der Waals surface area contributed by atoms with Gasteiger partial charge < -0.3 is 14.4 Å². The number of benzene rings is 2. The number of aliphatic carboxylic acids is 1. The van der Waals surface area contributed by atoms with Crippen LogP contribution in [-0.2, 0) is 21.3 Å². The topological polar surface area (TPSA) is 101 Å². The van der Waals surface area contributed by atoms with E-state index in [0.717, 1.165) is 5.56 Å². The number of hydrogen-bond acceptors (Lipinski definition) is 5. The van der Waals surface area contributed by atoms with Crippen molar-refractivity contribution in [1.29, 1.82) is 0 Å². The normalized spacial score (nSPS) is 12.5. The molecule has 0 saturated carbocycles. The van der Waals surface area contributed by atoms with Gasteiger partial charge in [-0.25, -0.2) is 0 Å². The molecule has 0 aliphatic carbocycles. The minimum absolute atomic E-state index is 0.0289. The van der Waals surface area contributed by atoms with Crippen LogP contribution in [0.3, 0.4) is 0 Å². The van der Waals surface area contributed by atoms with Crippen molar-refractivity contribution < 1.29 is 27.6 Å². The van der Waals surface area contributed by atoms with E-state index >= 15 is 0 Å². The fourth-order valence-corrected chi connectivity index (χ4v) is 3.04. The lowest BCUT2D eigenvalue weighted by atomic mass is 10.1. The van der Waals surface area contributed by atoms with E-state index in [9.17, 15) is 18.3 Å². The number of hydrogen-bond donors (Lipinski definition) is 2. The number of carboxylic acids is 1. The number of rotatable bonds is 8. The van der Waals surface area contributed by atoms with E-state index in [1.54, 1.807) is 42.5 Å². The van der Waals surface area contributed by atoms with Crippen molar-refractivity contribution in [3.8, 4) is 5.75 Å². The minimum atomic E-state index is -3.90. The first-order valence-electron chi connectivity index (χ1n) is 7.35. The highest BCUT2D eigenvalue weighted by molar-refractivity contribution is 7.87. The predicted octanol–water partition coefficient (Wildman–Crippen LogP) is 2.22. The lowest BCUT2D eigenvalue weighted by Crippen LogP contribution is -2.13. The second-order valence-electron chi connectivity index (χ2n) is 5.28. The van der Waals surface area contributed by atoms with Crippen LogP contribution >= 0.6 is 0 Å². The minimum Gasteiger partial charge on any atom is -0.481 e. The van der Waals surface area contributed by atoms with Gasteiger partial charge in [0, 0.05) is 0 Å². The maximum atomic E-state index is 12.2. The predicted molar refractivity (Wildman–Crippen MR) is 87.3 cm³/mol.